The third kappa shape index (κ3) is 5.63. The molecule has 0 aliphatic heterocycles. The number of sulfonamides is 1. The van der Waals surface area contributed by atoms with Gasteiger partial charge in [-0.3, -0.25) is 4.72 Å². The van der Waals surface area contributed by atoms with Gasteiger partial charge in [-0.1, -0.05) is 45.0 Å². The highest BCUT2D eigenvalue weighted by Gasteiger charge is 2.24. The first-order chi connectivity index (χ1) is 17.1. The molecule has 11 heteroatoms. The Morgan fingerprint density at radius 3 is 2.11 bits per heavy atom. The largest absolute Gasteiger partial charge is 0.493 e. The van der Waals surface area contributed by atoms with Crippen molar-refractivity contribution in [2.75, 3.05) is 11.8 Å². The highest BCUT2D eigenvalue weighted by Crippen LogP contribution is 2.40. The summed E-state index contributed by atoms with van der Waals surface area (Å²) in [5, 5.41) is 0. The van der Waals surface area contributed by atoms with Crippen LogP contribution in [0.3, 0.4) is 0 Å². The van der Waals surface area contributed by atoms with E-state index in [1.54, 1.807) is 67.0 Å². The lowest BCUT2D eigenvalue weighted by molar-refractivity contribution is 0.378. The van der Waals surface area contributed by atoms with Crippen LogP contribution in [-0.4, -0.2) is 35.5 Å². The van der Waals surface area contributed by atoms with Crippen LogP contribution >= 0.6 is 15.9 Å². The van der Waals surface area contributed by atoms with Gasteiger partial charge in [0.25, 0.3) is 10.0 Å². The molecule has 0 saturated heterocycles. The number of hydrogen-bond acceptors (Lipinski definition) is 8. The van der Waals surface area contributed by atoms with Crippen molar-refractivity contribution in [2.24, 2.45) is 0 Å². The Labute approximate surface area is 218 Å². The van der Waals surface area contributed by atoms with Crippen molar-refractivity contribution in [3.05, 3.63) is 77.2 Å². The Balaban J connectivity index is 1.79. The molecule has 0 radical (unpaired) electrons. The number of methoxy groups -OCH3 is 1. The maximum absolute atomic E-state index is 13.4. The molecule has 0 aliphatic carbocycles. The summed E-state index contributed by atoms with van der Waals surface area (Å²) < 4.78 is 40.8. The lowest BCUT2D eigenvalue weighted by atomic mass is 9.87. The van der Waals surface area contributed by atoms with Crippen LogP contribution in [0.15, 0.2) is 76.5 Å². The second-order valence-corrected chi connectivity index (χ2v) is 11.2. The summed E-state index contributed by atoms with van der Waals surface area (Å²) in [7, 11) is -2.53. The van der Waals surface area contributed by atoms with Crippen LogP contribution in [0.4, 0.5) is 5.82 Å². The van der Waals surface area contributed by atoms with Gasteiger partial charge < -0.3 is 9.47 Å². The van der Waals surface area contributed by atoms with Crippen molar-refractivity contribution in [2.45, 2.75) is 31.1 Å². The minimum Gasteiger partial charge on any atom is -0.493 e. The molecule has 36 heavy (non-hydrogen) atoms. The van der Waals surface area contributed by atoms with E-state index < -0.39 is 10.0 Å². The average molecular weight is 570 g/mol. The third-order valence-electron chi connectivity index (χ3n) is 5.13. The molecule has 4 rings (SSSR count). The molecule has 0 unspecified atom stereocenters. The van der Waals surface area contributed by atoms with Crippen LogP contribution in [0.5, 0.6) is 17.2 Å². The monoisotopic (exact) mass is 569 g/mol. The van der Waals surface area contributed by atoms with Gasteiger partial charge in [0, 0.05) is 12.4 Å². The van der Waals surface area contributed by atoms with Crippen LogP contribution in [0.25, 0.3) is 11.6 Å². The molecule has 0 aliphatic rings. The van der Waals surface area contributed by atoms with Gasteiger partial charge in [-0.25, -0.2) is 28.4 Å². The van der Waals surface area contributed by atoms with Crippen molar-refractivity contribution in [3.63, 3.8) is 0 Å². The Morgan fingerprint density at radius 1 is 0.861 bits per heavy atom. The molecule has 2 aromatic carbocycles. The normalized spacial score (nSPS) is 11.7. The Kier molecular flexibility index (Phi) is 7.23. The zero-order valence-corrected chi connectivity index (χ0v) is 22.5. The van der Waals surface area contributed by atoms with Crippen molar-refractivity contribution >= 4 is 31.8 Å². The van der Waals surface area contributed by atoms with Gasteiger partial charge in [0.05, 0.1) is 12.0 Å². The summed E-state index contributed by atoms with van der Waals surface area (Å²) in [6.07, 6.45) is 3.08. The quantitative estimate of drug-likeness (QED) is 0.286. The molecular formula is C25H24BrN5O4S. The van der Waals surface area contributed by atoms with Crippen LogP contribution < -0.4 is 14.2 Å². The van der Waals surface area contributed by atoms with Crippen molar-refractivity contribution in [3.8, 4) is 28.9 Å². The van der Waals surface area contributed by atoms with E-state index in [1.807, 2.05) is 0 Å². The van der Waals surface area contributed by atoms with Crippen LogP contribution in [0.1, 0.15) is 26.3 Å². The van der Waals surface area contributed by atoms with Gasteiger partial charge in [-0.15, -0.1) is 0 Å². The van der Waals surface area contributed by atoms with Crippen LogP contribution in [0, 0.1) is 0 Å². The topological polar surface area (TPSA) is 116 Å². The molecule has 1 N–H and O–H groups in total. The van der Waals surface area contributed by atoms with Crippen LogP contribution in [-0.2, 0) is 15.4 Å². The van der Waals surface area contributed by atoms with E-state index in [0.717, 1.165) is 5.56 Å². The van der Waals surface area contributed by atoms with E-state index in [-0.39, 0.29) is 38.1 Å². The molecule has 0 atom stereocenters. The van der Waals surface area contributed by atoms with Crippen molar-refractivity contribution in [1.82, 2.24) is 19.9 Å². The number of nitrogens with one attached hydrogen (secondary N) is 1. The highest BCUT2D eigenvalue weighted by molar-refractivity contribution is 9.10. The summed E-state index contributed by atoms with van der Waals surface area (Å²) in [5.41, 5.74) is 0.892. The van der Waals surface area contributed by atoms with Gasteiger partial charge in [-0.2, -0.15) is 0 Å². The number of para-hydroxylation sites is 2. The fourth-order valence-corrected chi connectivity index (χ4v) is 4.67. The molecule has 4 aromatic rings. The number of anilines is 1. The third-order valence-corrected chi connectivity index (χ3v) is 7.03. The Morgan fingerprint density at radius 2 is 1.50 bits per heavy atom. The predicted molar refractivity (Wildman–Crippen MR) is 140 cm³/mol. The highest BCUT2D eigenvalue weighted by atomic mass is 79.9. The molecule has 0 spiro atoms. The van der Waals surface area contributed by atoms with E-state index >= 15 is 0 Å². The number of halogens is 1. The first-order valence-corrected chi connectivity index (χ1v) is 13.2. The average Bonchev–Trinajstić information content (AvgIpc) is 2.86. The van der Waals surface area contributed by atoms with Gasteiger partial charge in [-0.05, 0) is 57.2 Å². The van der Waals surface area contributed by atoms with Gasteiger partial charge >= 0.3 is 0 Å². The summed E-state index contributed by atoms with van der Waals surface area (Å²) >= 11 is 3.39. The predicted octanol–water partition coefficient (Wildman–Crippen LogP) is 5.60. The molecule has 0 saturated carbocycles. The fraction of sp³-hybridized carbons (Fsp3) is 0.200. The standard InChI is InChI=1S/C25H24BrN5O4S/c1-25(2,3)16-10-12-17(13-11-16)36(32,33)31-22-20(35-19-9-6-5-8-18(19)34-4)21(26)29-24(30-22)23-27-14-7-15-28-23/h5-15H,1-4H3,(H,29,30,31). The van der Waals surface area contributed by atoms with Crippen LogP contribution in [0.2, 0.25) is 0 Å². The smallest absolute Gasteiger partial charge is 0.263 e. The van der Waals surface area contributed by atoms with E-state index in [1.165, 1.54) is 7.11 Å². The van der Waals surface area contributed by atoms with Gasteiger partial charge in [0.1, 0.15) is 0 Å². The number of benzene rings is 2. The first-order valence-electron chi connectivity index (χ1n) is 10.9. The summed E-state index contributed by atoms with van der Waals surface area (Å²) in [6, 6.07) is 15.3. The van der Waals surface area contributed by atoms with E-state index in [4.69, 9.17) is 9.47 Å². The number of ether oxygens (including phenoxy) is 2. The fourth-order valence-electron chi connectivity index (χ4n) is 3.23. The second kappa shape index (κ2) is 10.2. The Bertz CT molecular complexity index is 1480. The molecule has 2 aromatic heterocycles. The maximum Gasteiger partial charge on any atom is 0.263 e. The molecule has 186 valence electrons. The minimum atomic E-state index is -4.03. The zero-order chi connectivity index (χ0) is 25.9. The lowest BCUT2D eigenvalue weighted by Gasteiger charge is -2.19. The van der Waals surface area contributed by atoms with Gasteiger partial charge in [0.15, 0.2) is 27.7 Å². The molecule has 2 heterocycles. The number of rotatable bonds is 7. The summed E-state index contributed by atoms with van der Waals surface area (Å²) in [5.74, 6) is 1.08. The SMILES string of the molecule is COc1ccccc1Oc1c(Br)nc(-c2ncccn2)nc1NS(=O)(=O)c1ccc(C(C)(C)C)cc1. The molecule has 0 amide bonds. The van der Waals surface area contributed by atoms with Crippen molar-refractivity contribution in [1.29, 1.82) is 0 Å². The Hall–Kier alpha value is -3.57. The summed E-state index contributed by atoms with van der Waals surface area (Å²) in [6.45, 7) is 6.17. The lowest BCUT2D eigenvalue weighted by Crippen LogP contribution is -2.17. The number of nitrogens with zero attached hydrogens (tertiary/aromatic N) is 4. The maximum atomic E-state index is 13.4. The van der Waals surface area contributed by atoms with E-state index in [0.29, 0.717) is 11.5 Å². The molecule has 0 bridgehead atoms. The molecule has 9 nitrogen and oxygen atoms in total. The molecule has 0 fully saturated rings. The van der Waals surface area contributed by atoms with E-state index in [9.17, 15) is 8.42 Å². The number of aromatic nitrogens is 4. The first kappa shape index (κ1) is 25.5. The zero-order valence-electron chi connectivity index (χ0n) is 20.1. The second-order valence-electron chi connectivity index (χ2n) is 8.72. The summed E-state index contributed by atoms with van der Waals surface area (Å²) in [4.78, 5) is 17.2. The molecular weight excluding hydrogens is 546 g/mol. The van der Waals surface area contributed by atoms with E-state index in [2.05, 4.69) is 61.4 Å². The number of hydrogen-bond donors (Lipinski definition) is 1. The minimum absolute atomic E-state index is 0.0501. The van der Waals surface area contributed by atoms with Gasteiger partial charge in [0.2, 0.25) is 11.6 Å². The van der Waals surface area contributed by atoms with Crippen molar-refractivity contribution < 1.29 is 17.9 Å².